The third kappa shape index (κ3) is 3.37. The first-order valence-electron chi connectivity index (χ1n) is 5.43. The van der Waals surface area contributed by atoms with Crippen LogP contribution in [0.2, 0.25) is 0 Å². The van der Waals surface area contributed by atoms with Crippen molar-refractivity contribution in [1.82, 2.24) is 0 Å². The summed E-state index contributed by atoms with van der Waals surface area (Å²) < 4.78 is 19.5. The first-order chi connectivity index (χ1) is 9.92. The Morgan fingerprint density at radius 2 is 1.95 bits per heavy atom. The molecule has 0 saturated carbocycles. The second kappa shape index (κ2) is 6.20. The average Bonchev–Trinajstić information content (AvgIpc) is 2.42. The lowest BCUT2D eigenvalue weighted by Crippen LogP contribution is -1.96. The molecule has 0 fully saturated rings. The second-order valence-corrected chi connectivity index (χ2v) is 5.62. The highest BCUT2D eigenvalue weighted by molar-refractivity contribution is 9.10. The number of rotatable bonds is 3. The molecule has 2 rings (SSSR count). The quantitative estimate of drug-likeness (QED) is 0.526. The zero-order valence-electron chi connectivity index (χ0n) is 10.1. The fourth-order valence-electron chi connectivity index (χ4n) is 1.53. The van der Waals surface area contributed by atoms with Crippen molar-refractivity contribution in [2.75, 3.05) is 0 Å². The van der Waals surface area contributed by atoms with Crippen LogP contribution in [0.5, 0.6) is 11.5 Å². The van der Waals surface area contributed by atoms with Crippen molar-refractivity contribution in [2.45, 2.75) is 0 Å². The van der Waals surface area contributed by atoms with Crippen LogP contribution in [0.15, 0.2) is 39.3 Å². The number of benzene rings is 2. The SMILES string of the molecule is N#Cc1ccc(Br)cc1Oc1cc(F)c(Br)cc1[N+](=O)[O-]. The fraction of sp³-hybridized carbons (Fsp3) is 0. The lowest BCUT2D eigenvalue weighted by atomic mass is 10.2. The maximum Gasteiger partial charge on any atom is 0.312 e. The molecule has 8 heteroatoms. The minimum Gasteiger partial charge on any atom is -0.449 e. The smallest absolute Gasteiger partial charge is 0.312 e. The largest absolute Gasteiger partial charge is 0.449 e. The van der Waals surface area contributed by atoms with Crippen LogP contribution in [0.1, 0.15) is 5.56 Å². The molecule has 0 N–H and O–H groups in total. The predicted molar refractivity (Wildman–Crippen MR) is 79.7 cm³/mol. The summed E-state index contributed by atoms with van der Waals surface area (Å²) >= 11 is 6.09. The van der Waals surface area contributed by atoms with Crippen LogP contribution in [0, 0.1) is 27.3 Å². The van der Waals surface area contributed by atoms with Gasteiger partial charge in [0.1, 0.15) is 17.6 Å². The molecule has 0 aliphatic heterocycles. The molecule has 0 heterocycles. The van der Waals surface area contributed by atoms with Gasteiger partial charge in [-0.1, -0.05) is 15.9 Å². The number of nitro benzene ring substituents is 1. The third-order valence-electron chi connectivity index (χ3n) is 2.48. The van der Waals surface area contributed by atoms with Crippen molar-refractivity contribution in [3.05, 3.63) is 60.8 Å². The van der Waals surface area contributed by atoms with Crippen LogP contribution >= 0.6 is 31.9 Å². The Hall–Kier alpha value is -1.98. The van der Waals surface area contributed by atoms with Crippen molar-refractivity contribution in [3.8, 4) is 17.6 Å². The molecule has 0 aliphatic carbocycles. The van der Waals surface area contributed by atoms with E-state index in [1.165, 1.54) is 12.1 Å². The summed E-state index contributed by atoms with van der Waals surface area (Å²) in [6.45, 7) is 0. The second-order valence-electron chi connectivity index (χ2n) is 3.85. The molecular weight excluding hydrogens is 411 g/mol. The molecule has 21 heavy (non-hydrogen) atoms. The molecule has 0 radical (unpaired) electrons. The van der Waals surface area contributed by atoms with Gasteiger partial charge < -0.3 is 4.74 Å². The van der Waals surface area contributed by atoms with Gasteiger partial charge in [-0.15, -0.1) is 0 Å². The van der Waals surface area contributed by atoms with E-state index in [0.29, 0.717) is 4.47 Å². The minimum absolute atomic E-state index is 0.0451. The van der Waals surface area contributed by atoms with Crippen LogP contribution in [-0.2, 0) is 0 Å². The number of hydrogen-bond donors (Lipinski definition) is 0. The van der Waals surface area contributed by atoms with E-state index in [9.17, 15) is 14.5 Å². The van der Waals surface area contributed by atoms with E-state index in [4.69, 9.17) is 10.00 Å². The average molecular weight is 416 g/mol. The Balaban J connectivity index is 2.54. The zero-order chi connectivity index (χ0) is 15.6. The van der Waals surface area contributed by atoms with Gasteiger partial charge in [-0.3, -0.25) is 10.1 Å². The highest BCUT2D eigenvalue weighted by Crippen LogP contribution is 2.37. The van der Waals surface area contributed by atoms with Crippen molar-refractivity contribution >= 4 is 37.5 Å². The van der Waals surface area contributed by atoms with Crippen LogP contribution in [0.4, 0.5) is 10.1 Å². The van der Waals surface area contributed by atoms with Gasteiger partial charge in [0, 0.05) is 16.6 Å². The summed E-state index contributed by atoms with van der Waals surface area (Å²) in [4.78, 5) is 10.3. The molecule has 106 valence electrons. The summed E-state index contributed by atoms with van der Waals surface area (Å²) in [6.07, 6.45) is 0. The number of nitriles is 1. The Morgan fingerprint density at radius 1 is 1.24 bits per heavy atom. The first-order valence-corrected chi connectivity index (χ1v) is 7.02. The summed E-state index contributed by atoms with van der Waals surface area (Å²) in [5.74, 6) is -0.892. The molecule has 0 saturated heterocycles. The number of nitrogens with zero attached hydrogens (tertiary/aromatic N) is 2. The van der Waals surface area contributed by atoms with Gasteiger partial charge in [-0.05, 0) is 34.1 Å². The first kappa shape index (κ1) is 15.4. The highest BCUT2D eigenvalue weighted by Gasteiger charge is 2.20. The van der Waals surface area contributed by atoms with E-state index in [0.717, 1.165) is 12.1 Å². The number of ether oxygens (including phenoxy) is 1. The van der Waals surface area contributed by atoms with Crippen LogP contribution in [0.3, 0.4) is 0 Å². The Bertz CT molecular complexity index is 775. The maximum absolute atomic E-state index is 13.6. The van der Waals surface area contributed by atoms with Crippen molar-refractivity contribution in [1.29, 1.82) is 5.26 Å². The third-order valence-corrected chi connectivity index (χ3v) is 3.58. The number of halogens is 3. The Labute approximate surface area is 135 Å². The molecule has 5 nitrogen and oxygen atoms in total. The fourth-order valence-corrected chi connectivity index (χ4v) is 2.21. The molecule has 0 spiro atoms. The Morgan fingerprint density at radius 3 is 2.57 bits per heavy atom. The topological polar surface area (TPSA) is 76.2 Å². The predicted octanol–water partition coefficient (Wildman–Crippen LogP) is 4.92. The van der Waals surface area contributed by atoms with Gasteiger partial charge in [-0.2, -0.15) is 5.26 Å². The van der Waals surface area contributed by atoms with E-state index >= 15 is 0 Å². The van der Waals surface area contributed by atoms with Crippen molar-refractivity contribution < 1.29 is 14.1 Å². The van der Waals surface area contributed by atoms with Gasteiger partial charge in [0.05, 0.1) is 15.0 Å². The highest BCUT2D eigenvalue weighted by atomic mass is 79.9. The molecule has 0 amide bonds. The van der Waals surface area contributed by atoms with E-state index < -0.39 is 16.4 Å². The summed E-state index contributed by atoms with van der Waals surface area (Å²) in [5, 5.41) is 20.0. The summed E-state index contributed by atoms with van der Waals surface area (Å²) in [7, 11) is 0. The van der Waals surface area contributed by atoms with Crippen molar-refractivity contribution in [3.63, 3.8) is 0 Å². The number of nitro groups is 1. The maximum atomic E-state index is 13.6. The number of hydrogen-bond acceptors (Lipinski definition) is 4. The van der Waals surface area contributed by atoms with Gasteiger partial charge in [0.15, 0.2) is 0 Å². The molecule has 2 aromatic carbocycles. The molecule has 2 aromatic rings. The molecule has 0 aliphatic rings. The molecular formula is C13H5Br2FN2O3. The van der Waals surface area contributed by atoms with E-state index in [-0.39, 0.29) is 21.5 Å². The molecule has 0 aromatic heterocycles. The molecule has 0 bridgehead atoms. The van der Waals surface area contributed by atoms with E-state index in [1.54, 1.807) is 6.07 Å². The van der Waals surface area contributed by atoms with Gasteiger partial charge in [0.25, 0.3) is 0 Å². The van der Waals surface area contributed by atoms with Gasteiger partial charge >= 0.3 is 5.69 Å². The van der Waals surface area contributed by atoms with Gasteiger partial charge in [0.2, 0.25) is 5.75 Å². The molecule has 0 unspecified atom stereocenters. The zero-order valence-corrected chi connectivity index (χ0v) is 13.3. The normalized spacial score (nSPS) is 10.0. The molecule has 0 atom stereocenters. The van der Waals surface area contributed by atoms with Crippen LogP contribution in [0.25, 0.3) is 0 Å². The standard InChI is InChI=1S/C13H5Br2FN2O3/c14-8-2-1-7(6-17)12(3-8)21-13-5-10(16)9(15)4-11(13)18(19)20/h1-5H. The van der Waals surface area contributed by atoms with E-state index in [2.05, 4.69) is 31.9 Å². The minimum atomic E-state index is -0.705. The van der Waals surface area contributed by atoms with Gasteiger partial charge in [-0.25, -0.2) is 4.39 Å². The lowest BCUT2D eigenvalue weighted by molar-refractivity contribution is -0.385. The van der Waals surface area contributed by atoms with Crippen LogP contribution in [-0.4, -0.2) is 4.92 Å². The Kier molecular flexibility index (Phi) is 4.55. The monoisotopic (exact) mass is 414 g/mol. The lowest BCUT2D eigenvalue weighted by Gasteiger charge is -2.09. The van der Waals surface area contributed by atoms with Crippen LogP contribution < -0.4 is 4.74 Å². The summed E-state index contributed by atoms with van der Waals surface area (Å²) in [5.41, 5.74) is -0.233. The van der Waals surface area contributed by atoms with E-state index in [1.807, 2.05) is 6.07 Å². The summed E-state index contributed by atoms with van der Waals surface area (Å²) in [6, 6.07) is 8.39. The van der Waals surface area contributed by atoms with Crippen molar-refractivity contribution in [2.24, 2.45) is 0 Å².